The van der Waals surface area contributed by atoms with Crippen molar-refractivity contribution >= 4 is 40.9 Å². The Bertz CT molecular complexity index is 439. The highest BCUT2D eigenvalue weighted by molar-refractivity contribution is 14.1. The first-order valence-corrected chi connectivity index (χ1v) is 6.96. The Morgan fingerprint density at radius 3 is 2.89 bits per heavy atom. The molecule has 5 heteroatoms. The van der Waals surface area contributed by atoms with Gasteiger partial charge < -0.3 is 10.2 Å². The van der Waals surface area contributed by atoms with Crippen molar-refractivity contribution in [3.05, 3.63) is 32.9 Å². The summed E-state index contributed by atoms with van der Waals surface area (Å²) in [6.45, 7) is 6.70. The monoisotopic (exact) mass is 380 g/mol. The summed E-state index contributed by atoms with van der Waals surface area (Å²) in [6, 6.07) is 6.19. The minimum absolute atomic E-state index is 0. The molecule has 0 unspecified atom stereocenters. The fourth-order valence-electron chi connectivity index (χ4n) is 2.11. The second kappa shape index (κ2) is 6.73. The van der Waals surface area contributed by atoms with E-state index in [9.17, 15) is 4.79 Å². The summed E-state index contributed by atoms with van der Waals surface area (Å²) in [6.07, 6.45) is 0. The maximum absolute atomic E-state index is 12.5. The Morgan fingerprint density at radius 1 is 1.50 bits per heavy atom. The highest BCUT2D eigenvalue weighted by atomic mass is 127. The predicted octanol–water partition coefficient (Wildman–Crippen LogP) is 2.46. The van der Waals surface area contributed by atoms with Crippen molar-refractivity contribution in [3.8, 4) is 0 Å². The highest BCUT2D eigenvalue weighted by Gasteiger charge is 2.25. The van der Waals surface area contributed by atoms with Crippen LogP contribution in [-0.4, -0.2) is 36.5 Å². The molecule has 1 heterocycles. The molecule has 0 saturated carbocycles. The molecule has 1 saturated heterocycles. The molecule has 0 aromatic heterocycles. The number of amides is 1. The first-order valence-electron chi connectivity index (χ1n) is 5.88. The van der Waals surface area contributed by atoms with Crippen LogP contribution in [-0.2, 0) is 0 Å². The molecule has 3 nitrogen and oxygen atoms in total. The minimum Gasteiger partial charge on any atom is -0.333 e. The Morgan fingerprint density at radius 2 is 2.22 bits per heavy atom. The van der Waals surface area contributed by atoms with Gasteiger partial charge in [-0.2, -0.15) is 0 Å². The third-order valence-corrected chi connectivity index (χ3v) is 4.62. The van der Waals surface area contributed by atoms with Crippen LogP contribution in [0, 0.1) is 10.5 Å². The van der Waals surface area contributed by atoms with Gasteiger partial charge in [0.25, 0.3) is 5.91 Å². The number of nitrogens with zero attached hydrogens (tertiary/aromatic N) is 1. The number of nitrogens with one attached hydrogen (secondary N) is 1. The van der Waals surface area contributed by atoms with E-state index >= 15 is 0 Å². The van der Waals surface area contributed by atoms with Gasteiger partial charge in [0.15, 0.2) is 0 Å². The highest BCUT2D eigenvalue weighted by Crippen LogP contribution is 2.19. The summed E-state index contributed by atoms with van der Waals surface area (Å²) in [5.74, 6) is 0.159. The van der Waals surface area contributed by atoms with Crippen LogP contribution >= 0.6 is 35.0 Å². The number of hydrogen-bond acceptors (Lipinski definition) is 2. The van der Waals surface area contributed by atoms with Crippen molar-refractivity contribution in [3.63, 3.8) is 0 Å². The number of aryl methyl sites for hydroxylation is 1. The quantitative estimate of drug-likeness (QED) is 0.759. The van der Waals surface area contributed by atoms with Crippen LogP contribution in [0.1, 0.15) is 22.8 Å². The van der Waals surface area contributed by atoms with Crippen molar-refractivity contribution in [1.82, 2.24) is 10.2 Å². The lowest BCUT2D eigenvalue weighted by atomic mass is 10.1. The number of benzene rings is 1. The molecule has 2 rings (SSSR count). The third-order valence-electron chi connectivity index (χ3n) is 3.18. The minimum atomic E-state index is 0. The molecule has 0 radical (unpaired) electrons. The summed E-state index contributed by atoms with van der Waals surface area (Å²) in [5, 5.41) is 3.30. The topological polar surface area (TPSA) is 32.3 Å². The van der Waals surface area contributed by atoms with E-state index in [-0.39, 0.29) is 24.4 Å². The van der Waals surface area contributed by atoms with E-state index in [0.717, 1.165) is 28.8 Å². The Balaban J connectivity index is 0.00000162. The molecule has 1 atom stereocenters. The molecule has 18 heavy (non-hydrogen) atoms. The van der Waals surface area contributed by atoms with Crippen molar-refractivity contribution in [2.75, 3.05) is 19.6 Å². The molecule has 0 spiro atoms. The van der Waals surface area contributed by atoms with Crippen LogP contribution in [0.4, 0.5) is 0 Å². The normalized spacial score (nSPS) is 19.3. The van der Waals surface area contributed by atoms with Crippen molar-refractivity contribution < 1.29 is 4.79 Å². The third kappa shape index (κ3) is 3.16. The Kier molecular flexibility index (Phi) is 5.88. The lowest BCUT2D eigenvalue weighted by molar-refractivity contribution is 0.0654. The first-order chi connectivity index (χ1) is 8.11. The van der Waals surface area contributed by atoms with E-state index in [4.69, 9.17) is 0 Å². The maximum Gasteiger partial charge on any atom is 0.255 e. The number of hydrogen-bond donors (Lipinski definition) is 1. The summed E-state index contributed by atoms with van der Waals surface area (Å²) < 4.78 is 1.07. The number of halogens is 2. The molecule has 1 fully saturated rings. The van der Waals surface area contributed by atoms with E-state index in [1.54, 1.807) is 0 Å². The summed E-state index contributed by atoms with van der Waals surface area (Å²) >= 11 is 2.26. The van der Waals surface area contributed by atoms with Crippen molar-refractivity contribution in [1.29, 1.82) is 0 Å². The molecule has 1 aliphatic rings. The van der Waals surface area contributed by atoms with Gasteiger partial charge in [-0.05, 0) is 48.1 Å². The predicted molar refractivity (Wildman–Crippen MR) is 84.5 cm³/mol. The molecule has 1 aromatic carbocycles. The van der Waals surface area contributed by atoms with Crippen LogP contribution in [0.2, 0.25) is 0 Å². The van der Waals surface area contributed by atoms with Gasteiger partial charge in [0, 0.05) is 29.2 Å². The van der Waals surface area contributed by atoms with Crippen LogP contribution < -0.4 is 5.32 Å². The van der Waals surface area contributed by atoms with Gasteiger partial charge in [-0.1, -0.05) is 12.1 Å². The van der Waals surface area contributed by atoms with Gasteiger partial charge in [-0.3, -0.25) is 4.79 Å². The Labute approximate surface area is 128 Å². The van der Waals surface area contributed by atoms with E-state index in [1.165, 1.54) is 5.56 Å². The Hall–Kier alpha value is -0.330. The second-order valence-corrected chi connectivity index (χ2v) is 5.57. The van der Waals surface area contributed by atoms with E-state index in [1.807, 2.05) is 30.0 Å². The molecule has 1 aromatic rings. The van der Waals surface area contributed by atoms with Gasteiger partial charge in [0.05, 0.1) is 5.56 Å². The SMILES string of the molecule is Cc1cccc(C(=O)N2CCNC[C@H]2C)c1I.Cl. The average Bonchev–Trinajstić information content (AvgIpc) is 2.32. The van der Waals surface area contributed by atoms with Crippen LogP contribution in [0.3, 0.4) is 0 Å². The van der Waals surface area contributed by atoms with Crippen LogP contribution in [0.15, 0.2) is 18.2 Å². The summed E-state index contributed by atoms with van der Waals surface area (Å²) in [4.78, 5) is 14.4. The van der Waals surface area contributed by atoms with Gasteiger partial charge in [0.2, 0.25) is 0 Å². The lowest BCUT2D eigenvalue weighted by Gasteiger charge is -2.34. The van der Waals surface area contributed by atoms with Crippen LogP contribution in [0.25, 0.3) is 0 Å². The smallest absolute Gasteiger partial charge is 0.255 e. The zero-order valence-electron chi connectivity index (χ0n) is 10.6. The molecular formula is C13H18ClIN2O. The average molecular weight is 381 g/mol. The molecule has 100 valence electrons. The largest absolute Gasteiger partial charge is 0.333 e. The van der Waals surface area contributed by atoms with Gasteiger partial charge in [0.1, 0.15) is 0 Å². The fraction of sp³-hybridized carbons (Fsp3) is 0.462. The van der Waals surface area contributed by atoms with Gasteiger partial charge >= 0.3 is 0 Å². The standard InChI is InChI=1S/C13H17IN2O.ClH/c1-9-4-3-5-11(12(9)14)13(17)16-7-6-15-8-10(16)2;/h3-5,10,15H,6-8H2,1-2H3;1H/t10-;/m1./s1. The number of carbonyl (C=O) groups is 1. The first kappa shape index (κ1) is 15.7. The van der Waals surface area contributed by atoms with E-state index in [0.29, 0.717) is 0 Å². The molecule has 1 N–H and O–H groups in total. The maximum atomic E-state index is 12.5. The zero-order chi connectivity index (χ0) is 12.4. The van der Waals surface area contributed by atoms with Crippen molar-refractivity contribution in [2.24, 2.45) is 0 Å². The van der Waals surface area contributed by atoms with E-state index < -0.39 is 0 Å². The van der Waals surface area contributed by atoms with Gasteiger partial charge in [-0.15, -0.1) is 12.4 Å². The van der Waals surface area contributed by atoms with Crippen LogP contribution in [0.5, 0.6) is 0 Å². The number of rotatable bonds is 1. The molecule has 0 aliphatic carbocycles. The molecule has 1 aliphatic heterocycles. The molecule has 1 amide bonds. The zero-order valence-corrected chi connectivity index (χ0v) is 13.5. The number of piperazine rings is 1. The van der Waals surface area contributed by atoms with Gasteiger partial charge in [-0.25, -0.2) is 0 Å². The molecular weight excluding hydrogens is 363 g/mol. The molecule has 0 bridgehead atoms. The lowest BCUT2D eigenvalue weighted by Crippen LogP contribution is -2.52. The number of carbonyl (C=O) groups excluding carboxylic acids is 1. The fourth-order valence-corrected chi connectivity index (χ4v) is 2.70. The van der Waals surface area contributed by atoms with Crippen molar-refractivity contribution in [2.45, 2.75) is 19.9 Å². The second-order valence-electron chi connectivity index (χ2n) is 4.49. The summed E-state index contributed by atoms with van der Waals surface area (Å²) in [7, 11) is 0. The van der Waals surface area contributed by atoms with E-state index in [2.05, 4.69) is 34.8 Å². The summed E-state index contributed by atoms with van der Waals surface area (Å²) in [5.41, 5.74) is 2.00.